The van der Waals surface area contributed by atoms with Gasteiger partial charge in [0, 0.05) is 16.8 Å². The molecule has 2 atom stereocenters. The summed E-state index contributed by atoms with van der Waals surface area (Å²) in [6.45, 7) is 7.53. The highest BCUT2D eigenvalue weighted by atomic mass is 19.4. The van der Waals surface area contributed by atoms with Crippen LogP contribution < -0.4 is 0 Å². The molecule has 0 saturated heterocycles. The third kappa shape index (κ3) is 4.24. The number of hydrogen-bond donors (Lipinski definition) is 1. The number of nitrogens with zero attached hydrogens (tertiary/aromatic N) is 1. The maximum Gasteiger partial charge on any atom is 0.416 e. The van der Waals surface area contributed by atoms with E-state index in [9.17, 15) is 31.4 Å². The molecule has 0 amide bonds. The molecular formula is C26H27F6NO2. The van der Waals surface area contributed by atoms with Crippen molar-refractivity contribution in [1.29, 1.82) is 0 Å². The molecule has 1 aromatic heterocycles. The normalized spacial score (nSPS) is 25.3. The van der Waals surface area contributed by atoms with Crippen molar-refractivity contribution < 1.29 is 36.2 Å². The number of rotatable bonds is 2. The predicted molar refractivity (Wildman–Crippen MR) is 116 cm³/mol. The van der Waals surface area contributed by atoms with Gasteiger partial charge in [-0.1, -0.05) is 13.8 Å². The molecule has 1 aromatic carbocycles. The number of pyridine rings is 1. The van der Waals surface area contributed by atoms with Gasteiger partial charge in [-0.05, 0) is 80.2 Å². The highest BCUT2D eigenvalue weighted by Crippen LogP contribution is 2.57. The van der Waals surface area contributed by atoms with Crippen molar-refractivity contribution in [2.24, 2.45) is 5.41 Å². The first-order valence-electron chi connectivity index (χ1n) is 11.7. The second kappa shape index (κ2) is 7.44. The predicted octanol–water partition coefficient (Wildman–Crippen LogP) is 7.36. The minimum Gasteiger partial charge on any atom is -0.388 e. The number of hydrogen-bond acceptors (Lipinski definition) is 3. The Kier molecular flexibility index (Phi) is 5.22. The molecule has 1 saturated carbocycles. The average Bonchev–Trinajstić information content (AvgIpc) is 3.49. The Hall–Kier alpha value is -2.13. The van der Waals surface area contributed by atoms with Gasteiger partial charge >= 0.3 is 12.4 Å². The summed E-state index contributed by atoms with van der Waals surface area (Å²) >= 11 is 0. The summed E-state index contributed by atoms with van der Waals surface area (Å²) in [6, 6.07) is 1.60. The molecule has 190 valence electrons. The van der Waals surface area contributed by atoms with Gasteiger partial charge in [-0.2, -0.15) is 26.3 Å². The zero-order valence-electron chi connectivity index (χ0n) is 19.9. The van der Waals surface area contributed by atoms with E-state index in [2.05, 4.69) is 0 Å². The molecule has 0 spiro atoms. The van der Waals surface area contributed by atoms with Crippen LogP contribution in [0, 0.1) is 5.41 Å². The SMILES string of the molecule is CC1(C)Cc2nc3c(c(C4CC4)c2[C@@H](O)C1)[C@@H](c1cc(C(F)(F)F)cc(C(F)(F)F)c1)OC3(C)C. The first-order valence-corrected chi connectivity index (χ1v) is 11.7. The number of aliphatic hydroxyl groups excluding tert-OH is 1. The quantitative estimate of drug-likeness (QED) is 0.439. The number of halogens is 6. The van der Waals surface area contributed by atoms with E-state index in [4.69, 9.17) is 9.72 Å². The lowest BCUT2D eigenvalue weighted by Crippen LogP contribution is -2.29. The van der Waals surface area contributed by atoms with Crippen molar-refractivity contribution in [3.8, 4) is 0 Å². The van der Waals surface area contributed by atoms with Gasteiger partial charge in [0.1, 0.15) is 11.7 Å². The maximum absolute atomic E-state index is 13.6. The molecule has 1 fully saturated rings. The monoisotopic (exact) mass is 499 g/mol. The Balaban J connectivity index is 1.76. The Bertz CT molecular complexity index is 1160. The van der Waals surface area contributed by atoms with E-state index in [0.717, 1.165) is 36.2 Å². The standard InChI is InChI=1S/C26H27F6NO2/c1-23(2)10-16-19(17(34)11-23)18(12-5-6-12)20-21(35-24(3,4)22(20)33-16)13-7-14(25(27,28)29)9-15(8-13)26(30,31)32/h7-9,12,17,21,34H,5-6,10-11H2,1-4H3/t17-,21+/m0/s1. The summed E-state index contributed by atoms with van der Waals surface area (Å²) in [5, 5.41) is 11.1. The minimum atomic E-state index is -4.96. The molecule has 3 nitrogen and oxygen atoms in total. The number of aromatic nitrogens is 1. The van der Waals surface area contributed by atoms with Gasteiger partial charge in [0.15, 0.2) is 0 Å². The van der Waals surface area contributed by atoms with E-state index < -0.39 is 41.3 Å². The molecule has 1 aliphatic heterocycles. The van der Waals surface area contributed by atoms with Crippen LogP contribution in [0.25, 0.3) is 0 Å². The van der Waals surface area contributed by atoms with Crippen LogP contribution in [0.5, 0.6) is 0 Å². The number of benzene rings is 1. The van der Waals surface area contributed by atoms with E-state index in [-0.39, 0.29) is 23.0 Å². The fraction of sp³-hybridized carbons (Fsp3) is 0.577. The number of ether oxygens (including phenoxy) is 1. The fourth-order valence-electron chi connectivity index (χ4n) is 5.65. The van der Waals surface area contributed by atoms with Crippen LogP contribution in [-0.2, 0) is 29.1 Å². The molecule has 0 unspecified atom stereocenters. The second-order valence-electron chi connectivity index (χ2n) is 11.3. The largest absolute Gasteiger partial charge is 0.416 e. The van der Waals surface area contributed by atoms with Gasteiger partial charge < -0.3 is 9.84 Å². The summed E-state index contributed by atoms with van der Waals surface area (Å²) in [7, 11) is 0. The zero-order valence-corrected chi connectivity index (χ0v) is 19.9. The molecule has 3 aliphatic rings. The lowest BCUT2D eigenvalue weighted by Gasteiger charge is -2.36. The molecule has 2 heterocycles. The van der Waals surface area contributed by atoms with Crippen molar-refractivity contribution >= 4 is 0 Å². The van der Waals surface area contributed by atoms with Crippen LogP contribution in [0.1, 0.15) is 110 Å². The van der Waals surface area contributed by atoms with Crippen molar-refractivity contribution in [2.45, 2.75) is 89.5 Å². The van der Waals surface area contributed by atoms with Gasteiger partial charge in [0.25, 0.3) is 0 Å². The molecule has 9 heteroatoms. The number of aliphatic hydroxyl groups is 1. The van der Waals surface area contributed by atoms with Crippen molar-refractivity contribution in [1.82, 2.24) is 4.98 Å². The van der Waals surface area contributed by atoms with E-state index in [1.807, 2.05) is 13.8 Å². The van der Waals surface area contributed by atoms with Gasteiger partial charge in [-0.25, -0.2) is 0 Å². The zero-order chi connectivity index (χ0) is 25.7. The Labute approximate surface area is 199 Å². The molecule has 2 aromatic rings. The van der Waals surface area contributed by atoms with Crippen molar-refractivity contribution in [3.63, 3.8) is 0 Å². The van der Waals surface area contributed by atoms with Gasteiger partial charge in [0.2, 0.25) is 0 Å². The molecule has 5 rings (SSSR count). The number of alkyl halides is 6. The van der Waals surface area contributed by atoms with Crippen molar-refractivity contribution in [3.05, 3.63) is 63.0 Å². The van der Waals surface area contributed by atoms with Crippen LogP contribution in [0.3, 0.4) is 0 Å². The molecule has 0 bridgehead atoms. The third-order valence-electron chi connectivity index (χ3n) is 7.26. The number of fused-ring (bicyclic) bond motifs is 2. The molecular weight excluding hydrogens is 472 g/mol. The third-order valence-corrected chi connectivity index (χ3v) is 7.26. The summed E-state index contributed by atoms with van der Waals surface area (Å²) in [5.74, 6) is 0.0734. The van der Waals surface area contributed by atoms with E-state index in [1.165, 1.54) is 0 Å². The summed E-state index contributed by atoms with van der Waals surface area (Å²) < 4.78 is 87.7. The van der Waals surface area contributed by atoms with Crippen LogP contribution >= 0.6 is 0 Å². The maximum atomic E-state index is 13.6. The lowest BCUT2D eigenvalue weighted by molar-refractivity contribution is -0.143. The van der Waals surface area contributed by atoms with Gasteiger partial charge in [0.05, 0.1) is 22.9 Å². The minimum absolute atomic E-state index is 0.0734. The smallest absolute Gasteiger partial charge is 0.388 e. The van der Waals surface area contributed by atoms with E-state index >= 15 is 0 Å². The first kappa shape index (κ1) is 24.6. The Morgan fingerprint density at radius 2 is 1.46 bits per heavy atom. The fourth-order valence-corrected chi connectivity index (χ4v) is 5.65. The lowest BCUT2D eigenvalue weighted by atomic mass is 9.72. The van der Waals surface area contributed by atoms with Gasteiger partial charge in [-0.15, -0.1) is 0 Å². The average molecular weight is 499 g/mol. The Morgan fingerprint density at radius 1 is 0.886 bits per heavy atom. The summed E-state index contributed by atoms with van der Waals surface area (Å²) in [6.07, 6.45) is -9.08. The topological polar surface area (TPSA) is 42.4 Å². The highest BCUT2D eigenvalue weighted by molar-refractivity contribution is 5.54. The highest BCUT2D eigenvalue weighted by Gasteiger charge is 2.49. The van der Waals surface area contributed by atoms with Crippen LogP contribution in [-0.4, -0.2) is 10.1 Å². The molecule has 2 aliphatic carbocycles. The Morgan fingerprint density at radius 3 is 1.97 bits per heavy atom. The molecule has 0 radical (unpaired) electrons. The van der Waals surface area contributed by atoms with Gasteiger partial charge in [-0.3, -0.25) is 4.98 Å². The van der Waals surface area contributed by atoms with Crippen LogP contribution in [0.2, 0.25) is 0 Å². The first-order chi connectivity index (χ1) is 16.0. The molecule has 1 N–H and O–H groups in total. The summed E-state index contributed by atoms with van der Waals surface area (Å²) in [5.41, 5.74) is -0.926. The van der Waals surface area contributed by atoms with Crippen LogP contribution in [0.4, 0.5) is 26.3 Å². The summed E-state index contributed by atoms with van der Waals surface area (Å²) in [4.78, 5) is 4.85. The second-order valence-corrected chi connectivity index (χ2v) is 11.3. The van der Waals surface area contributed by atoms with E-state index in [0.29, 0.717) is 29.7 Å². The van der Waals surface area contributed by atoms with Crippen LogP contribution in [0.15, 0.2) is 18.2 Å². The van der Waals surface area contributed by atoms with E-state index in [1.54, 1.807) is 13.8 Å². The molecule has 35 heavy (non-hydrogen) atoms. The van der Waals surface area contributed by atoms with Crippen molar-refractivity contribution in [2.75, 3.05) is 0 Å².